The zero-order valence-corrected chi connectivity index (χ0v) is 16.5. The molecule has 2 fully saturated rings. The molecule has 29 heavy (non-hydrogen) atoms. The number of hydrogen-bond donors (Lipinski definition) is 1. The van der Waals surface area contributed by atoms with Crippen LogP contribution in [0, 0.1) is 12.3 Å². The molecule has 0 atom stereocenters. The van der Waals surface area contributed by atoms with Gasteiger partial charge in [0.15, 0.2) is 0 Å². The van der Waals surface area contributed by atoms with Gasteiger partial charge in [0.2, 0.25) is 12.4 Å². The van der Waals surface area contributed by atoms with Crippen LogP contribution in [-0.4, -0.2) is 68.0 Å². The van der Waals surface area contributed by atoms with Crippen LogP contribution in [0.25, 0.3) is 5.95 Å². The largest absolute Gasteiger partial charge is 0.344 e. The molecule has 3 aliphatic rings. The van der Waals surface area contributed by atoms with Gasteiger partial charge in [-0.1, -0.05) is 0 Å². The van der Waals surface area contributed by atoms with E-state index in [2.05, 4.69) is 15.1 Å². The van der Waals surface area contributed by atoms with Gasteiger partial charge in [-0.2, -0.15) is 5.10 Å². The number of carbonyl (C=O) groups excluding carboxylic acids is 2. The Kier molecular flexibility index (Phi) is 4.07. The Morgan fingerprint density at radius 3 is 2.72 bits per heavy atom. The number of carbonyl (C=O) groups is 2. The Balaban J connectivity index is 1.34. The summed E-state index contributed by atoms with van der Waals surface area (Å²) in [5, 5.41) is 4.34. The molecule has 2 aromatic heterocycles. The molecule has 1 spiro atoms. The molecule has 9 heteroatoms. The van der Waals surface area contributed by atoms with Crippen LogP contribution in [0.3, 0.4) is 0 Å². The molecule has 1 aliphatic carbocycles. The molecular weight excluding hydrogens is 372 g/mol. The number of hydrogen-bond acceptors (Lipinski definition) is 5. The molecule has 2 amide bonds. The average Bonchev–Trinajstić information content (AvgIpc) is 3.32. The molecule has 2 saturated heterocycles. The highest BCUT2D eigenvalue weighted by Crippen LogP contribution is 2.39. The molecule has 0 bridgehead atoms. The van der Waals surface area contributed by atoms with Crippen LogP contribution in [-0.2, 0) is 17.6 Å². The number of aromatic nitrogens is 4. The van der Waals surface area contributed by atoms with Gasteiger partial charge >= 0.3 is 0 Å². The first-order chi connectivity index (χ1) is 14.0. The summed E-state index contributed by atoms with van der Waals surface area (Å²) in [6, 6.07) is 0. The normalized spacial score (nSPS) is 19.9. The van der Waals surface area contributed by atoms with E-state index < -0.39 is 0 Å². The number of likely N-dealkylation sites (tertiary alicyclic amines) is 2. The van der Waals surface area contributed by atoms with Gasteiger partial charge in [-0.3, -0.25) is 19.4 Å². The second-order valence-electron chi connectivity index (χ2n) is 8.53. The van der Waals surface area contributed by atoms with Crippen molar-refractivity contribution in [1.29, 1.82) is 0 Å². The third-order valence-corrected chi connectivity index (χ3v) is 6.71. The third kappa shape index (κ3) is 2.87. The van der Waals surface area contributed by atoms with Crippen molar-refractivity contribution < 1.29 is 9.59 Å². The zero-order valence-electron chi connectivity index (χ0n) is 16.5. The number of aromatic amines is 1. The highest BCUT2D eigenvalue weighted by atomic mass is 16.2. The Hall–Kier alpha value is -2.97. The Labute approximate surface area is 167 Å². The summed E-state index contributed by atoms with van der Waals surface area (Å²) < 4.78 is 1.55. The fraction of sp³-hybridized carbons (Fsp3) is 0.550. The molecule has 9 nitrogen and oxygen atoms in total. The summed E-state index contributed by atoms with van der Waals surface area (Å²) in [6.07, 6.45) is 6.80. The molecular formula is C20H24N6O3. The fourth-order valence-electron chi connectivity index (χ4n) is 4.92. The maximum absolute atomic E-state index is 13.1. The summed E-state index contributed by atoms with van der Waals surface area (Å²) in [5.41, 5.74) is 2.87. The van der Waals surface area contributed by atoms with Crippen LogP contribution < -0.4 is 5.56 Å². The summed E-state index contributed by atoms with van der Waals surface area (Å²) in [6.45, 7) is 4.79. The van der Waals surface area contributed by atoms with Crippen molar-refractivity contribution in [2.24, 2.45) is 5.41 Å². The number of fused-ring (bicyclic) bond motifs is 1. The summed E-state index contributed by atoms with van der Waals surface area (Å²) in [7, 11) is 0. The molecule has 0 unspecified atom stereocenters. The quantitative estimate of drug-likeness (QED) is 0.759. The Morgan fingerprint density at radius 1 is 1.24 bits per heavy atom. The minimum absolute atomic E-state index is 0.0429. The summed E-state index contributed by atoms with van der Waals surface area (Å²) >= 11 is 0. The van der Waals surface area contributed by atoms with Crippen molar-refractivity contribution in [1.82, 2.24) is 29.5 Å². The first-order valence-corrected chi connectivity index (χ1v) is 10.2. The van der Waals surface area contributed by atoms with Crippen molar-refractivity contribution >= 4 is 12.3 Å². The van der Waals surface area contributed by atoms with E-state index in [1.54, 1.807) is 15.8 Å². The van der Waals surface area contributed by atoms with Crippen LogP contribution >= 0.6 is 0 Å². The molecule has 0 aromatic carbocycles. The maximum atomic E-state index is 13.1. The van der Waals surface area contributed by atoms with Crippen LogP contribution in [0.15, 0.2) is 11.0 Å². The van der Waals surface area contributed by atoms with Crippen molar-refractivity contribution in [3.05, 3.63) is 39.1 Å². The summed E-state index contributed by atoms with van der Waals surface area (Å²) in [5.74, 6) is 0.326. The van der Waals surface area contributed by atoms with E-state index >= 15 is 0 Å². The smallest absolute Gasteiger partial charge is 0.257 e. The second-order valence-corrected chi connectivity index (χ2v) is 8.53. The molecule has 4 heterocycles. The van der Waals surface area contributed by atoms with E-state index in [1.807, 2.05) is 11.8 Å². The lowest BCUT2D eigenvalue weighted by Crippen LogP contribution is -2.60. The monoisotopic (exact) mass is 396 g/mol. The maximum Gasteiger partial charge on any atom is 0.257 e. The molecule has 2 aliphatic heterocycles. The van der Waals surface area contributed by atoms with E-state index in [1.165, 1.54) is 0 Å². The van der Waals surface area contributed by atoms with E-state index in [9.17, 15) is 14.4 Å². The van der Waals surface area contributed by atoms with E-state index in [0.717, 1.165) is 62.9 Å². The van der Waals surface area contributed by atoms with E-state index in [0.29, 0.717) is 30.3 Å². The lowest BCUT2D eigenvalue weighted by Gasteiger charge is -2.52. The van der Waals surface area contributed by atoms with Gasteiger partial charge in [-0.15, -0.1) is 0 Å². The van der Waals surface area contributed by atoms with Gasteiger partial charge in [0.1, 0.15) is 0 Å². The third-order valence-electron chi connectivity index (χ3n) is 6.71. The predicted molar refractivity (Wildman–Crippen MR) is 104 cm³/mol. The van der Waals surface area contributed by atoms with Gasteiger partial charge in [0.25, 0.3) is 11.5 Å². The fourth-order valence-corrected chi connectivity index (χ4v) is 4.92. The van der Waals surface area contributed by atoms with Gasteiger partial charge in [-0.05, 0) is 39.0 Å². The van der Waals surface area contributed by atoms with Crippen LogP contribution in [0.2, 0.25) is 0 Å². The lowest BCUT2D eigenvalue weighted by atomic mass is 9.72. The Bertz CT molecular complexity index is 1040. The van der Waals surface area contributed by atoms with Crippen molar-refractivity contribution in [3.63, 3.8) is 0 Å². The number of rotatable bonds is 3. The topological polar surface area (TPSA) is 104 Å². The number of H-pyrrole nitrogens is 1. The first kappa shape index (κ1) is 18.1. The molecule has 0 saturated carbocycles. The molecule has 2 aromatic rings. The minimum atomic E-state index is -0.114. The number of nitrogens with one attached hydrogen (secondary N) is 1. The van der Waals surface area contributed by atoms with Gasteiger partial charge in [0.05, 0.1) is 23.1 Å². The molecule has 152 valence electrons. The van der Waals surface area contributed by atoms with Crippen LogP contribution in [0.1, 0.15) is 46.6 Å². The van der Waals surface area contributed by atoms with Crippen molar-refractivity contribution in [2.75, 3.05) is 26.2 Å². The van der Waals surface area contributed by atoms with E-state index in [4.69, 9.17) is 0 Å². The Morgan fingerprint density at radius 2 is 2.00 bits per heavy atom. The molecule has 1 N–H and O–H groups in total. The standard InChI is InChI=1S/C20H24N6O3/c1-13-15(18(29)25-7-5-20(6-8-25)10-24(11-20)12-27)9-21-26(13)19-22-16-4-2-3-14(16)17(28)23-19/h9,12H,2-8,10-11H2,1H3,(H,22,23,28). The summed E-state index contributed by atoms with van der Waals surface area (Å²) in [4.78, 5) is 47.2. The first-order valence-electron chi connectivity index (χ1n) is 10.2. The highest BCUT2D eigenvalue weighted by Gasteiger charge is 2.45. The zero-order chi connectivity index (χ0) is 20.2. The van der Waals surface area contributed by atoms with Crippen molar-refractivity contribution in [3.8, 4) is 5.95 Å². The number of piperidine rings is 1. The average molecular weight is 396 g/mol. The van der Waals surface area contributed by atoms with Crippen LogP contribution in [0.5, 0.6) is 0 Å². The number of nitrogens with zero attached hydrogens (tertiary/aromatic N) is 5. The minimum Gasteiger partial charge on any atom is -0.344 e. The van der Waals surface area contributed by atoms with Gasteiger partial charge in [0, 0.05) is 37.2 Å². The van der Waals surface area contributed by atoms with E-state index in [-0.39, 0.29) is 16.9 Å². The van der Waals surface area contributed by atoms with Gasteiger partial charge < -0.3 is 9.80 Å². The SMILES string of the molecule is Cc1c(C(=O)N2CCC3(CC2)CN(C=O)C3)cnn1-c1nc2c(c(=O)[nH]1)CCC2. The second kappa shape index (κ2) is 6.53. The predicted octanol–water partition coefficient (Wildman–Crippen LogP) is 0.447. The lowest BCUT2D eigenvalue weighted by molar-refractivity contribution is -0.132. The molecule has 0 radical (unpaired) electrons. The van der Waals surface area contributed by atoms with Crippen molar-refractivity contribution in [2.45, 2.75) is 39.0 Å². The number of aryl methyl sites for hydroxylation is 1. The van der Waals surface area contributed by atoms with Crippen LogP contribution in [0.4, 0.5) is 0 Å². The number of amides is 2. The highest BCUT2D eigenvalue weighted by molar-refractivity contribution is 5.95. The van der Waals surface area contributed by atoms with Gasteiger partial charge in [-0.25, -0.2) is 9.67 Å². The molecule has 5 rings (SSSR count).